The van der Waals surface area contributed by atoms with E-state index in [9.17, 15) is 0 Å². The van der Waals surface area contributed by atoms with Gasteiger partial charge in [0.25, 0.3) is 0 Å². The highest BCUT2D eigenvalue weighted by Gasteiger charge is 2.07. The normalized spacial score (nSPS) is 10.5. The van der Waals surface area contributed by atoms with E-state index in [1.165, 1.54) is 0 Å². The Morgan fingerprint density at radius 2 is 1.46 bits per heavy atom. The summed E-state index contributed by atoms with van der Waals surface area (Å²) < 4.78 is 13.1. The Hall–Kier alpha value is -1.78. The molecule has 3 rings (SSSR count). The smallest absolute Gasteiger partial charge is 0.133 e. The predicted octanol–water partition coefficient (Wildman–Crippen LogP) is 6.47. The Morgan fingerprint density at radius 1 is 0.792 bits per heavy atom. The molecule has 0 amide bonds. The van der Waals surface area contributed by atoms with Gasteiger partial charge in [-0.2, -0.15) is 0 Å². The molecule has 0 aliphatic heterocycles. The number of methoxy groups -OCH3 is 1. The van der Waals surface area contributed by atoms with Crippen molar-refractivity contribution in [1.82, 2.24) is 0 Å². The van der Waals surface area contributed by atoms with Crippen molar-refractivity contribution in [2.45, 2.75) is 6.61 Å². The minimum absolute atomic E-state index is 0.525. The monoisotopic (exact) mass is 446 g/mol. The van der Waals surface area contributed by atoms with Crippen LogP contribution in [0.4, 0.5) is 0 Å². The molecule has 0 spiro atoms. The van der Waals surface area contributed by atoms with Gasteiger partial charge >= 0.3 is 0 Å². The van der Waals surface area contributed by atoms with Crippen LogP contribution in [0.25, 0.3) is 11.1 Å². The summed E-state index contributed by atoms with van der Waals surface area (Å²) in [6, 6.07) is 22.2. The molecule has 24 heavy (non-hydrogen) atoms. The minimum Gasteiger partial charge on any atom is -0.496 e. The molecule has 0 radical (unpaired) electrons. The van der Waals surface area contributed by atoms with Crippen LogP contribution >= 0.6 is 31.9 Å². The van der Waals surface area contributed by atoms with Gasteiger partial charge in [0.05, 0.1) is 11.6 Å². The summed E-state index contributed by atoms with van der Waals surface area (Å²) in [6.45, 7) is 0.525. The zero-order valence-corrected chi connectivity index (χ0v) is 16.3. The average molecular weight is 448 g/mol. The van der Waals surface area contributed by atoms with Crippen LogP contribution in [0.15, 0.2) is 75.7 Å². The Morgan fingerprint density at radius 3 is 2.08 bits per heavy atom. The van der Waals surface area contributed by atoms with Crippen molar-refractivity contribution in [1.29, 1.82) is 0 Å². The van der Waals surface area contributed by atoms with Crippen LogP contribution in [-0.4, -0.2) is 7.11 Å². The zero-order valence-electron chi connectivity index (χ0n) is 13.1. The van der Waals surface area contributed by atoms with Gasteiger partial charge in [0.2, 0.25) is 0 Å². The SMILES string of the molecule is COc1ccc(-c2ccc(COc3ccccc3)c(Br)c2)cc1Br. The zero-order chi connectivity index (χ0) is 16.9. The second kappa shape index (κ2) is 7.86. The van der Waals surface area contributed by atoms with E-state index in [0.717, 1.165) is 37.1 Å². The predicted molar refractivity (Wildman–Crippen MR) is 105 cm³/mol. The Kier molecular flexibility index (Phi) is 5.59. The van der Waals surface area contributed by atoms with Crippen LogP contribution in [-0.2, 0) is 6.61 Å². The van der Waals surface area contributed by atoms with Crippen molar-refractivity contribution in [3.63, 3.8) is 0 Å². The van der Waals surface area contributed by atoms with E-state index in [1.54, 1.807) is 7.11 Å². The van der Waals surface area contributed by atoms with Gasteiger partial charge in [0.1, 0.15) is 18.1 Å². The molecule has 0 saturated heterocycles. The Labute approximate surface area is 158 Å². The summed E-state index contributed by atoms with van der Waals surface area (Å²) in [5.74, 6) is 1.69. The van der Waals surface area contributed by atoms with Crippen LogP contribution < -0.4 is 9.47 Å². The third-order valence-electron chi connectivity index (χ3n) is 3.68. The van der Waals surface area contributed by atoms with Gasteiger partial charge in [-0.15, -0.1) is 0 Å². The molecule has 0 aliphatic rings. The maximum atomic E-state index is 5.81. The molecule has 0 aromatic heterocycles. The third-order valence-corrected chi connectivity index (χ3v) is 5.03. The molecule has 0 unspecified atom stereocenters. The van der Waals surface area contributed by atoms with E-state index < -0.39 is 0 Å². The van der Waals surface area contributed by atoms with E-state index in [-0.39, 0.29) is 0 Å². The van der Waals surface area contributed by atoms with Crippen LogP contribution in [0.1, 0.15) is 5.56 Å². The Bertz CT molecular complexity index is 832. The first-order valence-corrected chi connectivity index (χ1v) is 9.06. The van der Waals surface area contributed by atoms with Gasteiger partial charge in [-0.25, -0.2) is 0 Å². The van der Waals surface area contributed by atoms with Crippen LogP contribution in [0, 0.1) is 0 Å². The van der Waals surface area contributed by atoms with Crippen molar-refractivity contribution in [3.8, 4) is 22.6 Å². The second-order valence-corrected chi connectivity index (χ2v) is 6.97. The van der Waals surface area contributed by atoms with Gasteiger partial charge in [-0.05, 0) is 57.4 Å². The fraction of sp³-hybridized carbons (Fsp3) is 0.100. The number of para-hydroxylation sites is 1. The van der Waals surface area contributed by atoms with Gasteiger partial charge in [0, 0.05) is 10.0 Å². The van der Waals surface area contributed by atoms with Gasteiger partial charge < -0.3 is 9.47 Å². The molecular formula is C20H16Br2O2. The first-order chi connectivity index (χ1) is 11.7. The summed E-state index contributed by atoms with van der Waals surface area (Å²) >= 11 is 7.18. The number of rotatable bonds is 5. The fourth-order valence-electron chi connectivity index (χ4n) is 2.37. The molecule has 0 saturated carbocycles. The largest absolute Gasteiger partial charge is 0.496 e. The van der Waals surface area contributed by atoms with Crippen molar-refractivity contribution in [3.05, 3.63) is 81.2 Å². The number of benzene rings is 3. The molecule has 0 aliphatic carbocycles. The quantitative estimate of drug-likeness (QED) is 0.446. The highest BCUT2D eigenvalue weighted by atomic mass is 79.9. The van der Waals surface area contributed by atoms with E-state index in [1.807, 2.05) is 42.5 Å². The lowest BCUT2D eigenvalue weighted by Crippen LogP contribution is -1.96. The lowest BCUT2D eigenvalue weighted by Gasteiger charge is -2.11. The molecule has 122 valence electrons. The third kappa shape index (κ3) is 4.00. The lowest BCUT2D eigenvalue weighted by molar-refractivity contribution is 0.305. The van der Waals surface area contributed by atoms with Gasteiger partial charge in [0.15, 0.2) is 0 Å². The summed E-state index contributed by atoms with van der Waals surface area (Å²) in [7, 11) is 1.66. The molecule has 0 atom stereocenters. The summed E-state index contributed by atoms with van der Waals surface area (Å²) in [6.07, 6.45) is 0. The van der Waals surface area contributed by atoms with E-state index in [0.29, 0.717) is 6.61 Å². The van der Waals surface area contributed by atoms with Crippen molar-refractivity contribution < 1.29 is 9.47 Å². The van der Waals surface area contributed by atoms with E-state index >= 15 is 0 Å². The highest BCUT2D eigenvalue weighted by Crippen LogP contribution is 2.32. The maximum absolute atomic E-state index is 5.81. The molecular weight excluding hydrogens is 432 g/mol. The Balaban J connectivity index is 1.78. The van der Waals surface area contributed by atoms with Crippen molar-refractivity contribution >= 4 is 31.9 Å². The van der Waals surface area contributed by atoms with Crippen LogP contribution in [0.2, 0.25) is 0 Å². The van der Waals surface area contributed by atoms with E-state index in [2.05, 4.69) is 56.1 Å². The van der Waals surface area contributed by atoms with Gasteiger partial charge in [-0.1, -0.05) is 52.3 Å². The molecule has 2 nitrogen and oxygen atoms in total. The van der Waals surface area contributed by atoms with Gasteiger partial charge in [-0.3, -0.25) is 0 Å². The molecule has 4 heteroatoms. The van der Waals surface area contributed by atoms with Crippen molar-refractivity contribution in [2.24, 2.45) is 0 Å². The van der Waals surface area contributed by atoms with Crippen LogP contribution in [0.3, 0.4) is 0 Å². The molecule has 0 heterocycles. The fourth-order valence-corrected chi connectivity index (χ4v) is 3.40. The molecule has 3 aromatic rings. The van der Waals surface area contributed by atoms with Crippen molar-refractivity contribution in [2.75, 3.05) is 7.11 Å². The summed E-state index contributed by atoms with van der Waals surface area (Å²) in [4.78, 5) is 0. The lowest BCUT2D eigenvalue weighted by atomic mass is 10.0. The van der Waals surface area contributed by atoms with Crippen LogP contribution in [0.5, 0.6) is 11.5 Å². The minimum atomic E-state index is 0.525. The molecule has 0 fully saturated rings. The standard InChI is InChI=1S/C20H16Br2O2/c1-23-20-10-9-15(12-19(20)22)14-7-8-16(18(21)11-14)13-24-17-5-3-2-4-6-17/h2-12H,13H2,1H3. The molecule has 0 bridgehead atoms. The summed E-state index contributed by atoms with van der Waals surface area (Å²) in [5, 5.41) is 0. The summed E-state index contributed by atoms with van der Waals surface area (Å²) in [5.41, 5.74) is 3.36. The first-order valence-electron chi connectivity index (χ1n) is 7.47. The second-order valence-electron chi connectivity index (χ2n) is 5.26. The highest BCUT2D eigenvalue weighted by molar-refractivity contribution is 9.10. The van der Waals surface area contributed by atoms with E-state index in [4.69, 9.17) is 9.47 Å². The number of halogens is 2. The first kappa shape index (κ1) is 17.1. The maximum Gasteiger partial charge on any atom is 0.133 e. The topological polar surface area (TPSA) is 18.5 Å². The molecule has 0 N–H and O–H groups in total. The number of hydrogen-bond donors (Lipinski definition) is 0. The number of ether oxygens (including phenoxy) is 2. The molecule has 3 aromatic carbocycles. The average Bonchev–Trinajstić information content (AvgIpc) is 2.61. The number of hydrogen-bond acceptors (Lipinski definition) is 2.